The van der Waals surface area contributed by atoms with Crippen LogP contribution >= 0.6 is 15.9 Å². The van der Waals surface area contributed by atoms with E-state index >= 15 is 0 Å². The van der Waals surface area contributed by atoms with Gasteiger partial charge in [0.15, 0.2) is 11.5 Å². The minimum Gasteiger partial charge on any atom is -0.503 e. The summed E-state index contributed by atoms with van der Waals surface area (Å²) in [5.41, 5.74) is 0.443. The van der Waals surface area contributed by atoms with E-state index in [4.69, 9.17) is 4.74 Å². The van der Waals surface area contributed by atoms with E-state index in [0.29, 0.717) is 22.9 Å². The van der Waals surface area contributed by atoms with E-state index in [1.165, 1.54) is 31.4 Å². The number of carbonyl (C=O) groups is 1. The Labute approximate surface area is 146 Å². The molecule has 2 rings (SSSR count). The lowest BCUT2D eigenvalue weighted by molar-refractivity contribution is -0.116. The molecule has 5 nitrogen and oxygen atoms in total. The number of methoxy groups -OCH3 is 1. The average Bonchev–Trinajstić information content (AvgIpc) is 2.57. The summed E-state index contributed by atoms with van der Waals surface area (Å²) in [7, 11) is 1.39. The van der Waals surface area contributed by atoms with Gasteiger partial charge in [0.2, 0.25) is 0 Å². The number of aromatic hydroxyl groups is 1. The summed E-state index contributed by atoms with van der Waals surface area (Å²) >= 11 is 3.17. The maximum atomic E-state index is 13.6. The molecule has 0 radical (unpaired) electrons. The number of nitrogens with zero attached hydrogens (tertiary/aromatic N) is 1. The fourth-order valence-electron chi connectivity index (χ4n) is 2.11. The van der Waals surface area contributed by atoms with Gasteiger partial charge in [-0.2, -0.15) is 5.26 Å². The molecule has 1 aliphatic carbocycles. The summed E-state index contributed by atoms with van der Waals surface area (Å²) in [5.74, 6) is -1.10. The van der Waals surface area contributed by atoms with Crippen LogP contribution in [-0.4, -0.2) is 18.1 Å². The van der Waals surface area contributed by atoms with Gasteiger partial charge in [-0.05, 0) is 58.6 Å². The first kappa shape index (κ1) is 17.8. The summed E-state index contributed by atoms with van der Waals surface area (Å²) in [6.45, 7) is 0. The van der Waals surface area contributed by atoms with Crippen molar-refractivity contribution < 1.29 is 19.0 Å². The third-order valence-electron chi connectivity index (χ3n) is 3.32. The van der Waals surface area contributed by atoms with E-state index in [1.807, 2.05) is 0 Å². The van der Waals surface area contributed by atoms with Crippen molar-refractivity contribution in [1.82, 2.24) is 5.32 Å². The number of rotatable bonds is 4. The molecule has 0 saturated carbocycles. The molecule has 0 fully saturated rings. The van der Waals surface area contributed by atoms with Crippen LogP contribution in [-0.2, 0) is 4.79 Å². The van der Waals surface area contributed by atoms with Crippen LogP contribution in [0.1, 0.15) is 18.4 Å². The van der Waals surface area contributed by atoms with Gasteiger partial charge in [0.1, 0.15) is 17.5 Å². The molecule has 0 unspecified atom stereocenters. The summed E-state index contributed by atoms with van der Waals surface area (Å²) in [6.07, 6.45) is 5.28. The van der Waals surface area contributed by atoms with E-state index in [2.05, 4.69) is 21.2 Å². The number of halogens is 2. The van der Waals surface area contributed by atoms with Crippen molar-refractivity contribution in [3.63, 3.8) is 0 Å². The van der Waals surface area contributed by atoms with Gasteiger partial charge in [0.05, 0.1) is 17.3 Å². The van der Waals surface area contributed by atoms with Gasteiger partial charge in [-0.15, -0.1) is 0 Å². The summed E-state index contributed by atoms with van der Waals surface area (Å²) in [6, 6.07) is 4.81. The van der Waals surface area contributed by atoms with Crippen LogP contribution < -0.4 is 10.1 Å². The lowest BCUT2D eigenvalue weighted by Crippen LogP contribution is -2.25. The summed E-state index contributed by atoms with van der Waals surface area (Å²) in [5, 5.41) is 21.4. The van der Waals surface area contributed by atoms with Gasteiger partial charge in [0, 0.05) is 0 Å². The number of phenolic OH excluding ortho intramolecular Hbond substituents is 1. The Morgan fingerprint density at radius 3 is 2.92 bits per heavy atom. The van der Waals surface area contributed by atoms with Crippen LogP contribution in [0.25, 0.3) is 6.08 Å². The molecule has 2 N–H and O–H groups in total. The number of hydrogen-bond donors (Lipinski definition) is 2. The van der Waals surface area contributed by atoms with E-state index in [-0.39, 0.29) is 22.8 Å². The maximum Gasteiger partial charge on any atom is 0.266 e. The zero-order valence-corrected chi connectivity index (χ0v) is 14.4. The molecule has 7 heteroatoms. The second kappa shape index (κ2) is 7.79. The molecule has 0 bridgehead atoms. The quantitative estimate of drug-likeness (QED) is 0.604. The first-order chi connectivity index (χ1) is 11.5. The fraction of sp³-hybridized carbons (Fsp3) is 0.176. The van der Waals surface area contributed by atoms with Crippen molar-refractivity contribution >= 4 is 27.9 Å². The Morgan fingerprint density at radius 2 is 2.29 bits per heavy atom. The van der Waals surface area contributed by atoms with Gasteiger partial charge in [-0.3, -0.25) is 4.79 Å². The highest BCUT2D eigenvalue weighted by atomic mass is 79.9. The molecule has 0 spiro atoms. The number of hydrogen-bond acceptors (Lipinski definition) is 4. The molecule has 0 heterocycles. The van der Waals surface area contributed by atoms with Crippen molar-refractivity contribution in [1.29, 1.82) is 5.26 Å². The lowest BCUT2D eigenvalue weighted by atomic mass is 10.1. The normalized spacial score (nSPS) is 14.3. The van der Waals surface area contributed by atoms with E-state index in [0.717, 1.165) is 0 Å². The molecule has 24 heavy (non-hydrogen) atoms. The topological polar surface area (TPSA) is 82.3 Å². The molecule has 1 amide bonds. The fourth-order valence-corrected chi connectivity index (χ4v) is 2.57. The summed E-state index contributed by atoms with van der Waals surface area (Å²) < 4.78 is 19.0. The molecule has 1 aromatic rings. The van der Waals surface area contributed by atoms with Gasteiger partial charge in [-0.25, -0.2) is 4.39 Å². The Bertz CT molecular complexity index is 807. The minimum atomic E-state index is -0.693. The first-order valence-electron chi connectivity index (χ1n) is 7.01. The Hall–Kier alpha value is -2.59. The molecule has 0 saturated heterocycles. The standard InChI is InChI=1S/C17H14BrFN2O3/c1-24-15-8-10(7-12(18)16(15)22)6-11(9-20)17(23)21-14-5-3-2-4-13(14)19/h2,4,6-8,22H,3,5H2,1H3,(H,21,23)/b11-6+. The van der Waals surface area contributed by atoms with Crippen LogP contribution in [0.5, 0.6) is 11.5 Å². The number of nitriles is 1. The van der Waals surface area contributed by atoms with Crippen molar-refractivity contribution in [3.8, 4) is 17.6 Å². The van der Waals surface area contributed by atoms with Crippen LogP contribution in [0.3, 0.4) is 0 Å². The van der Waals surface area contributed by atoms with Crippen molar-refractivity contribution in [2.45, 2.75) is 12.8 Å². The number of ether oxygens (including phenoxy) is 1. The largest absolute Gasteiger partial charge is 0.503 e. The SMILES string of the molecule is COc1cc(/C=C(\C#N)C(=O)NC2=C(F)C=CCC2)cc(Br)c1O. The second-order valence-electron chi connectivity index (χ2n) is 4.95. The van der Waals surface area contributed by atoms with Crippen molar-refractivity contribution in [2.75, 3.05) is 7.11 Å². The Kier molecular flexibility index (Phi) is 5.77. The number of phenols is 1. The first-order valence-corrected chi connectivity index (χ1v) is 7.80. The smallest absolute Gasteiger partial charge is 0.266 e. The molecule has 124 valence electrons. The molecule has 0 aliphatic heterocycles. The van der Waals surface area contributed by atoms with Gasteiger partial charge < -0.3 is 15.2 Å². The highest BCUT2D eigenvalue weighted by Crippen LogP contribution is 2.35. The highest BCUT2D eigenvalue weighted by molar-refractivity contribution is 9.10. The summed E-state index contributed by atoms with van der Waals surface area (Å²) in [4.78, 5) is 12.2. The molecule has 0 aromatic heterocycles. The van der Waals surface area contributed by atoms with E-state index in [9.17, 15) is 19.6 Å². The highest BCUT2D eigenvalue weighted by Gasteiger charge is 2.16. The lowest BCUT2D eigenvalue weighted by Gasteiger charge is -2.12. The molecular weight excluding hydrogens is 379 g/mol. The van der Waals surface area contributed by atoms with Crippen LogP contribution in [0.15, 0.2) is 45.9 Å². The third kappa shape index (κ3) is 4.03. The predicted molar refractivity (Wildman–Crippen MR) is 90.6 cm³/mol. The zero-order valence-electron chi connectivity index (χ0n) is 12.8. The van der Waals surface area contributed by atoms with E-state index < -0.39 is 11.7 Å². The van der Waals surface area contributed by atoms with Gasteiger partial charge >= 0.3 is 0 Å². The number of carbonyl (C=O) groups excluding carboxylic acids is 1. The second-order valence-corrected chi connectivity index (χ2v) is 5.80. The van der Waals surface area contributed by atoms with Crippen LogP contribution in [0.2, 0.25) is 0 Å². The van der Waals surface area contributed by atoms with E-state index in [1.54, 1.807) is 12.1 Å². The number of nitrogens with one attached hydrogen (secondary N) is 1. The minimum absolute atomic E-state index is 0.0844. The predicted octanol–water partition coefficient (Wildman–Crippen LogP) is 3.72. The Balaban J connectivity index is 2.29. The molecule has 1 aliphatic rings. The number of amides is 1. The number of allylic oxidation sites excluding steroid dienone is 4. The average molecular weight is 393 g/mol. The Morgan fingerprint density at radius 1 is 1.54 bits per heavy atom. The third-order valence-corrected chi connectivity index (χ3v) is 3.93. The van der Waals surface area contributed by atoms with Gasteiger partial charge in [0.25, 0.3) is 5.91 Å². The van der Waals surface area contributed by atoms with Crippen molar-refractivity contribution in [2.24, 2.45) is 0 Å². The molecule has 0 atom stereocenters. The van der Waals surface area contributed by atoms with Crippen LogP contribution in [0, 0.1) is 11.3 Å². The van der Waals surface area contributed by atoms with Crippen molar-refractivity contribution in [3.05, 3.63) is 51.4 Å². The maximum absolute atomic E-state index is 13.6. The van der Waals surface area contributed by atoms with Crippen LogP contribution in [0.4, 0.5) is 4.39 Å². The molecule has 1 aromatic carbocycles. The number of benzene rings is 1. The monoisotopic (exact) mass is 392 g/mol. The zero-order chi connectivity index (χ0) is 17.7. The van der Waals surface area contributed by atoms with Gasteiger partial charge in [-0.1, -0.05) is 6.08 Å². The molecular formula is C17H14BrFN2O3.